The first kappa shape index (κ1) is 23.1. The number of rotatable bonds is 8. The van der Waals surface area contributed by atoms with E-state index in [9.17, 15) is 13.2 Å². The van der Waals surface area contributed by atoms with Gasteiger partial charge < -0.3 is 9.26 Å². The molecule has 0 atom stereocenters. The number of aromatic nitrogens is 3. The summed E-state index contributed by atoms with van der Waals surface area (Å²) in [5.74, 6) is 1.27. The molecule has 0 aliphatic rings. The summed E-state index contributed by atoms with van der Waals surface area (Å²) in [6, 6.07) is 11.9. The first-order chi connectivity index (χ1) is 15.7. The highest BCUT2D eigenvalue weighted by Crippen LogP contribution is 2.26. The monoisotopic (exact) mass is 488 g/mol. The van der Waals surface area contributed by atoms with E-state index in [0.717, 1.165) is 32.5 Å². The largest absolute Gasteiger partial charge is 0.494 e. The molecule has 0 saturated heterocycles. The molecule has 0 fully saturated rings. The maximum atomic E-state index is 13.1. The second kappa shape index (κ2) is 9.08. The van der Waals surface area contributed by atoms with Gasteiger partial charge >= 0.3 is 4.87 Å². The molecule has 174 valence electrons. The Hall–Kier alpha value is -3.02. The van der Waals surface area contributed by atoms with Crippen LogP contribution in [0.15, 0.2) is 56.7 Å². The van der Waals surface area contributed by atoms with E-state index in [-0.39, 0.29) is 28.2 Å². The van der Waals surface area contributed by atoms with Crippen LogP contribution in [0.5, 0.6) is 5.75 Å². The molecule has 2 heterocycles. The summed E-state index contributed by atoms with van der Waals surface area (Å²) in [7, 11) is -2.39. The molecule has 0 unspecified atom stereocenters. The molecule has 4 aromatic rings. The van der Waals surface area contributed by atoms with E-state index < -0.39 is 10.0 Å². The zero-order valence-electron chi connectivity index (χ0n) is 18.7. The Morgan fingerprint density at radius 3 is 2.58 bits per heavy atom. The highest BCUT2D eigenvalue weighted by molar-refractivity contribution is 7.89. The van der Waals surface area contributed by atoms with Gasteiger partial charge in [-0.05, 0) is 63.2 Å². The van der Waals surface area contributed by atoms with Crippen LogP contribution < -0.4 is 9.61 Å². The quantitative estimate of drug-likeness (QED) is 0.370. The van der Waals surface area contributed by atoms with Crippen molar-refractivity contribution in [2.75, 3.05) is 13.7 Å². The van der Waals surface area contributed by atoms with Crippen LogP contribution in [0.1, 0.15) is 32.7 Å². The highest BCUT2D eigenvalue weighted by Gasteiger charge is 2.24. The molecule has 2 aromatic carbocycles. The van der Waals surface area contributed by atoms with Gasteiger partial charge in [0.15, 0.2) is 0 Å². The standard InChI is InChI=1S/C22H24N4O5S2/c1-5-30-16-8-6-15(7-9-16)21-23-20(31-24-21)13-25(4)33(28,29)17-10-11-18-19(12-17)32-22(27)26(18)14(2)3/h6-12,14H,5,13H2,1-4H3. The van der Waals surface area contributed by atoms with Gasteiger partial charge in [-0.25, -0.2) is 8.42 Å². The average molecular weight is 489 g/mol. The second-order valence-corrected chi connectivity index (χ2v) is 10.7. The van der Waals surface area contributed by atoms with Crippen molar-refractivity contribution in [3.8, 4) is 17.1 Å². The molecular weight excluding hydrogens is 464 g/mol. The summed E-state index contributed by atoms with van der Waals surface area (Å²) in [5.41, 5.74) is 1.45. The van der Waals surface area contributed by atoms with Gasteiger partial charge in [-0.2, -0.15) is 9.29 Å². The summed E-state index contributed by atoms with van der Waals surface area (Å²) in [6.45, 7) is 6.22. The summed E-state index contributed by atoms with van der Waals surface area (Å²) < 4.78 is 40.4. The highest BCUT2D eigenvalue weighted by atomic mass is 32.2. The predicted molar refractivity (Wildman–Crippen MR) is 126 cm³/mol. The number of fused-ring (bicyclic) bond motifs is 1. The summed E-state index contributed by atoms with van der Waals surface area (Å²) in [4.78, 5) is 16.6. The number of hydrogen-bond acceptors (Lipinski definition) is 8. The molecule has 0 bridgehead atoms. The van der Waals surface area contributed by atoms with Crippen molar-refractivity contribution in [1.29, 1.82) is 0 Å². The lowest BCUT2D eigenvalue weighted by atomic mass is 10.2. The molecule has 0 spiro atoms. The van der Waals surface area contributed by atoms with Gasteiger partial charge in [0.05, 0.1) is 28.3 Å². The first-order valence-corrected chi connectivity index (χ1v) is 12.6. The smallest absolute Gasteiger partial charge is 0.308 e. The van der Waals surface area contributed by atoms with Crippen LogP contribution in [0.2, 0.25) is 0 Å². The summed E-state index contributed by atoms with van der Waals surface area (Å²) in [6.07, 6.45) is 0. The third-order valence-corrected chi connectivity index (χ3v) is 7.78. The van der Waals surface area contributed by atoms with E-state index in [1.54, 1.807) is 10.6 Å². The molecule has 4 rings (SSSR count). The third kappa shape index (κ3) is 4.56. The van der Waals surface area contributed by atoms with E-state index in [2.05, 4.69) is 10.1 Å². The van der Waals surface area contributed by atoms with Crippen LogP contribution in [0.4, 0.5) is 0 Å². The lowest BCUT2D eigenvalue weighted by Crippen LogP contribution is -2.26. The van der Waals surface area contributed by atoms with Crippen LogP contribution in [0.3, 0.4) is 0 Å². The Morgan fingerprint density at radius 2 is 1.91 bits per heavy atom. The SMILES string of the molecule is CCOc1ccc(-c2noc(CN(C)S(=O)(=O)c3ccc4c(c3)sc(=O)n4C(C)C)n2)cc1. The van der Waals surface area contributed by atoms with Crippen molar-refractivity contribution < 1.29 is 17.7 Å². The van der Waals surface area contributed by atoms with E-state index in [1.165, 1.54) is 19.2 Å². The summed E-state index contributed by atoms with van der Waals surface area (Å²) >= 11 is 1.03. The molecule has 0 N–H and O–H groups in total. The molecule has 0 radical (unpaired) electrons. The predicted octanol–water partition coefficient (Wildman–Crippen LogP) is 3.91. The van der Waals surface area contributed by atoms with Gasteiger partial charge in [-0.1, -0.05) is 16.5 Å². The minimum absolute atomic E-state index is 0.0153. The van der Waals surface area contributed by atoms with E-state index >= 15 is 0 Å². The Kier molecular flexibility index (Phi) is 6.37. The summed E-state index contributed by atoms with van der Waals surface area (Å²) in [5, 5.41) is 3.96. The van der Waals surface area contributed by atoms with Crippen LogP contribution >= 0.6 is 11.3 Å². The second-order valence-electron chi connectivity index (χ2n) is 7.69. The zero-order chi connectivity index (χ0) is 23.8. The third-order valence-electron chi connectivity index (χ3n) is 5.06. The molecule has 0 aliphatic carbocycles. The fraction of sp³-hybridized carbons (Fsp3) is 0.318. The number of thiazole rings is 1. The maximum absolute atomic E-state index is 13.1. The van der Waals surface area contributed by atoms with Gasteiger partial charge in [0, 0.05) is 18.7 Å². The lowest BCUT2D eigenvalue weighted by Gasteiger charge is -2.15. The van der Waals surface area contributed by atoms with Crippen LogP contribution in [0.25, 0.3) is 21.6 Å². The van der Waals surface area contributed by atoms with E-state index in [0.29, 0.717) is 17.1 Å². The minimum atomic E-state index is -3.84. The molecule has 0 aliphatic heterocycles. The Balaban J connectivity index is 1.54. The van der Waals surface area contributed by atoms with Crippen LogP contribution in [-0.4, -0.2) is 41.1 Å². The van der Waals surface area contributed by atoms with Crippen molar-refractivity contribution in [3.63, 3.8) is 0 Å². The van der Waals surface area contributed by atoms with Crippen molar-refractivity contribution >= 4 is 31.6 Å². The Bertz CT molecular complexity index is 1440. The van der Waals surface area contributed by atoms with Crippen LogP contribution in [-0.2, 0) is 16.6 Å². The van der Waals surface area contributed by atoms with Crippen molar-refractivity contribution in [1.82, 2.24) is 19.0 Å². The normalized spacial score (nSPS) is 12.2. The number of sulfonamides is 1. The molecule has 9 nitrogen and oxygen atoms in total. The number of benzene rings is 2. The topological polar surface area (TPSA) is 108 Å². The fourth-order valence-corrected chi connectivity index (χ4v) is 5.70. The molecule has 0 saturated carbocycles. The Labute approximate surface area is 195 Å². The van der Waals surface area contributed by atoms with Gasteiger partial charge in [-0.15, -0.1) is 0 Å². The van der Waals surface area contributed by atoms with Crippen molar-refractivity contribution in [3.05, 3.63) is 58.0 Å². The van der Waals surface area contributed by atoms with Gasteiger partial charge in [0.25, 0.3) is 0 Å². The zero-order valence-corrected chi connectivity index (χ0v) is 20.3. The molecule has 0 amide bonds. The molecular formula is C22H24N4O5S2. The van der Waals surface area contributed by atoms with E-state index in [4.69, 9.17) is 9.26 Å². The fourth-order valence-electron chi connectivity index (χ4n) is 3.42. The average Bonchev–Trinajstić information content (AvgIpc) is 3.37. The van der Waals surface area contributed by atoms with Crippen molar-refractivity contribution in [2.24, 2.45) is 0 Å². The molecule has 2 aromatic heterocycles. The maximum Gasteiger partial charge on any atom is 0.308 e. The molecule has 33 heavy (non-hydrogen) atoms. The van der Waals surface area contributed by atoms with E-state index in [1.807, 2.05) is 45.0 Å². The van der Waals surface area contributed by atoms with Crippen molar-refractivity contribution in [2.45, 2.75) is 38.3 Å². The number of hydrogen-bond donors (Lipinski definition) is 0. The Morgan fingerprint density at radius 1 is 1.18 bits per heavy atom. The van der Waals surface area contributed by atoms with Gasteiger partial charge in [-0.3, -0.25) is 9.36 Å². The number of nitrogens with zero attached hydrogens (tertiary/aromatic N) is 4. The first-order valence-electron chi connectivity index (χ1n) is 10.4. The van der Waals surface area contributed by atoms with Crippen LogP contribution in [0, 0.1) is 0 Å². The lowest BCUT2D eigenvalue weighted by molar-refractivity contribution is 0.336. The van der Waals surface area contributed by atoms with Gasteiger partial charge in [0.2, 0.25) is 21.7 Å². The number of ether oxygens (including phenoxy) is 1. The molecule has 11 heteroatoms. The minimum Gasteiger partial charge on any atom is -0.494 e. The van der Waals surface area contributed by atoms with Gasteiger partial charge in [0.1, 0.15) is 5.75 Å².